The van der Waals surface area contributed by atoms with Crippen LogP contribution in [0.2, 0.25) is 0 Å². The van der Waals surface area contributed by atoms with E-state index in [0.717, 1.165) is 35.6 Å². The number of carbonyl (C=O) groups excluding carboxylic acids is 1. The van der Waals surface area contributed by atoms with Crippen molar-refractivity contribution < 1.29 is 4.79 Å². The van der Waals surface area contributed by atoms with Crippen LogP contribution in [-0.2, 0) is 0 Å². The van der Waals surface area contributed by atoms with Crippen molar-refractivity contribution in [1.82, 2.24) is 9.80 Å². The molecule has 1 saturated heterocycles. The molecule has 0 N–H and O–H groups in total. The van der Waals surface area contributed by atoms with Gasteiger partial charge in [0.2, 0.25) is 0 Å². The van der Waals surface area contributed by atoms with Crippen LogP contribution >= 0.6 is 15.9 Å². The Morgan fingerprint density at radius 1 is 1.25 bits per heavy atom. The molecule has 1 aliphatic rings. The number of halogens is 1. The average molecular weight is 339 g/mol. The summed E-state index contributed by atoms with van der Waals surface area (Å²) in [5.41, 5.74) is 0.809. The molecule has 1 aromatic carbocycles. The lowest BCUT2D eigenvalue weighted by atomic mass is 9.96. The predicted octanol–water partition coefficient (Wildman–Crippen LogP) is 2.91. The van der Waals surface area contributed by atoms with Gasteiger partial charge in [-0.15, -0.1) is 0 Å². The lowest BCUT2D eigenvalue weighted by molar-refractivity contribution is 0.0886. The summed E-state index contributed by atoms with van der Waals surface area (Å²) < 4.78 is 1.01. The highest BCUT2D eigenvalue weighted by Gasteiger charge is 2.21. The van der Waals surface area contributed by atoms with Crippen molar-refractivity contribution in [3.8, 4) is 0 Å². The first-order valence-electron chi connectivity index (χ1n) is 7.20. The standard InChI is InChI=1S/C16H23BrN2O/c1-18(2)11-13-7-9-19(10-8-13)12-16(20)14-3-5-15(17)6-4-14/h3-6,13H,7-12H2,1-2H3. The van der Waals surface area contributed by atoms with Crippen molar-refractivity contribution >= 4 is 21.7 Å². The van der Waals surface area contributed by atoms with E-state index >= 15 is 0 Å². The molecule has 1 aromatic rings. The first-order valence-corrected chi connectivity index (χ1v) is 8.00. The van der Waals surface area contributed by atoms with E-state index < -0.39 is 0 Å². The smallest absolute Gasteiger partial charge is 0.176 e. The van der Waals surface area contributed by atoms with Gasteiger partial charge >= 0.3 is 0 Å². The first kappa shape index (κ1) is 15.7. The van der Waals surface area contributed by atoms with Gasteiger partial charge in [0, 0.05) is 16.6 Å². The Kier molecular flexibility index (Phi) is 5.75. The minimum atomic E-state index is 0.226. The second kappa shape index (κ2) is 7.34. The molecule has 20 heavy (non-hydrogen) atoms. The Morgan fingerprint density at radius 2 is 1.85 bits per heavy atom. The Hall–Kier alpha value is -0.710. The molecule has 0 unspecified atom stereocenters. The van der Waals surface area contributed by atoms with Crippen molar-refractivity contribution in [3.63, 3.8) is 0 Å². The van der Waals surface area contributed by atoms with Gasteiger partial charge in [0.1, 0.15) is 0 Å². The molecule has 1 fully saturated rings. The fraction of sp³-hybridized carbons (Fsp3) is 0.562. The van der Waals surface area contributed by atoms with Gasteiger partial charge in [0.15, 0.2) is 5.78 Å². The van der Waals surface area contributed by atoms with Gasteiger partial charge in [-0.3, -0.25) is 9.69 Å². The van der Waals surface area contributed by atoms with E-state index in [1.54, 1.807) is 0 Å². The molecule has 0 spiro atoms. The third kappa shape index (κ3) is 4.69. The summed E-state index contributed by atoms with van der Waals surface area (Å²) in [5, 5.41) is 0. The lowest BCUT2D eigenvalue weighted by Gasteiger charge is -2.32. The largest absolute Gasteiger partial charge is 0.309 e. The molecule has 0 bridgehead atoms. The maximum Gasteiger partial charge on any atom is 0.176 e. The molecule has 0 atom stereocenters. The van der Waals surface area contributed by atoms with Gasteiger partial charge < -0.3 is 4.90 Å². The van der Waals surface area contributed by atoms with Gasteiger partial charge in [-0.25, -0.2) is 0 Å². The molecule has 0 amide bonds. The molecule has 0 aliphatic carbocycles. The van der Waals surface area contributed by atoms with Crippen LogP contribution in [0.4, 0.5) is 0 Å². The van der Waals surface area contributed by atoms with E-state index in [4.69, 9.17) is 0 Å². The first-order chi connectivity index (χ1) is 9.54. The number of Topliss-reactive ketones (excluding diaryl/α,β-unsaturated/α-hetero) is 1. The van der Waals surface area contributed by atoms with Crippen LogP contribution in [-0.4, -0.2) is 55.9 Å². The van der Waals surface area contributed by atoms with Crippen molar-refractivity contribution in [2.45, 2.75) is 12.8 Å². The zero-order valence-corrected chi connectivity index (χ0v) is 13.9. The van der Waals surface area contributed by atoms with Crippen molar-refractivity contribution in [3.05, 3.63) is 34.3 Å². The summed E-state index contributed by atoms with van der Waals surface area (Å²) in [4.78, 5) is 16.8. The number of rotatable bonds is 5. The molecule has 4 heteroatoms. The highest BCUT2D eigenvalue weighted by atomic mass is 79.9. The Balaban J connectivity index is 1.80. The van der Waals surface area contributed by atoms with Crippen LogP contribution in [0, 0.1) is 5.92 Å². The van der Waals surface area contributed by atoms with Gasteiger partial charge in [0.05, 0.1) is 6.54 Å². The average Bonchev–Trinajstić information content (AvgIpc) is 2.41. The predicted molar refractivity (Wildman–Crippen MR) is 86.2 cm³/mol. The van der Waals surface area contributed by atoms with Crippen molar-refractivity contribution in [1.29, 1.82) is 0 Å². The molecule has 1 aliphatic heterocycles. The van der Waals surface area contributed by atoms with Gasteiger partial charge in [0.25, 0.3) is 0 Å². The van der Waals surface area contributed by atoms with Crippen LogP contribution in [0.3, 0.4) is 0 Å². The van der Waals surface area contributed by atoms with Gasteiger partial charge in [-0.2, -0.15) is 0 Å². The number of piperidine rings is 1. The van der Waals surface area contributed by atoms with E-state index in [9.17, 15) is 4.79 Å². The Labute approximate surface area is 130 Å². The molecule has 0 saturated carbocycles. The molecular weight excluding hydrogens is 316 g/mol. The third-order valence-corrected chi connectivity index (χ3v) is 4.39. The maximum atomic E-state index is 12.2. The summed E-state index contributed by atoms with van der Waals surface area (Å²) >= 11 is 3.39. The summed E-state index contributed by atoms with van der Waals surface area (Å²) in [7, 11) is 4.26. The number of carbonyl (C=O) groups is 1. The highest BCUT2D eigenvalue weighted by molar-refractivity contribution is 9.10. The molecule has 110 valence electrons. The molecule has 3 nitrogen and oxygen atoms in total. The van der Waals surface area contributed by atoms with E-state index in [1.807, 2.05) is 24.3 Å². The van der Waals surface area contributed by atoms with Crippen LogP contribution in [0.5, 0.6) is 0 Å². The van der Waals surface area contributed by atoms with Gasteiger partial charge in [-0.05, 0) is 58.1 Å². The number of hydrogen-bond donors (Lipinski definition) is 0. The molecule has 0 radical (unpaired) electrons. The van der Waals surface area contributed by atoms with E-state index in [1.165, 1.54) is 12.8 Å². The maximum absolute atomic E-state index is 12.2. The highest BCUT2D eigenvalue weighted by Crippen LogP contribution is 2.18. The number of hydrogen-bond acceptors (Lipinski definition) is 3. The summed E-state index contributed by atoms with van der Waals surface area (Å²) in [5.74, 6) is 1.01. The Bertz CT molecular complexity index is 436. The minimum Gasteiger partial charge on any atom is -0.309 e. The zero-order valence-electron chi connectivity index (χ0n) is 12.3. The number of benzene rings is 1. The van der Waals surface area contributed by atoms with E-state index in [-0.39, 0.29) is 5.78 Å². The SMILES string of the molecule is CN(C)CC1CCN(CC(=O)c2ccc(Br)cc2)CC1. The fourth-order valence-corrected chi connectivity index (χ4v) is 3.04. The van der Waals surface area contributed by atoms with Crippen LogP contribution in [0.15, 0.2) is 28.7 Å². The molecular formula is C16H23BrN2O. The molecule has 1 heterocycles. The number of nitrogens with zero attached hydrogens (tertiary/aromatic N) is 2. The second-order valence-corrected chi connectivity index (χ2v) is 6.83. The lowest BCUT2D eigenvalue weighted by Crippen LogP contribution is -2.39. The minimum absolute atomic E-state index is 0.226. The van der Waals surface area contributed by atoms with E-state index in [0.29, 0.717) is 6.54 Å². The van der Waals surface area contributed by atoms with Crippen LogP contribution in [0.25, 0.3) is 0 Å². The number of likely N-dealkylation sites (tertiary alicyclic amines) is 1. The fourth-order valence-electron chi connectivity index (χ4n) is 2.77. The van der Waals surface area contributed by atoms with Crippen molar-refractivity contribution in [2.75, 3.05) is 40.3 Å². The third-order valence-electron chi connectivity index (χ3n) is 3.86. The van der Waals surface area contributed by atoms with Crippen LogP contribution < -0.4 is 0 Å². The molecule has 0 aromatic heterocycles. The normalized spacial score (nSPS) is 17.6. The Morgan fingerprint density at radius 3 is 2.40 bits per heavy atom. The summed E-state index contributed by atoms with van der Waals surface area (Å²) in [6, 6.07) is 7.64. The summed E-state index contributed by atoms with van der Waals surface area (Å²) in [6.07, 6.45) is 2.40. The van der Waals surface area contributed by atoms with Crippen LogP contribution in [0.1, 0.15) is 23.2 Å². The number of ketones is 1. The summed E-state index contributed by atoms with van der Waals surface area (Å²) in [6.45, 7) is 3.80. The molecule has 2 rings (SSSR count). The van der Waals surface area contributed by atoms with Crippen molar-refractivity contribution in [2.24, 2.45) is 5.92 Å². The topological polar surface area (TPSA) is 23.6 Å². The second-order valence-electron chi connectivity index (χ2n) is 5.91. The van der Waals surface area contributed by atoms with E-state index in [2.05, 4.69) is 39.8 Å². The van der Waals surface area contributed by atoms with Gasteiger partial charge in [-0.1, -0.05) is 28.1 Å². The zero-order chi connectivity index (χ0) is 14.5. The monoisotopic (exact) mass is 338 g/mol. The quantitative estimate of drug-likeness (QED) is 0.771.